The van der Waals surface area contributed by atoms with Gasteiger partial charge in [0.2, 0.25) is 5.91 Å². The molecular weight excluding hydrogens is 304 g/mol. The van der Waals surface area contributed by atoms with Gasteiger partial charge in [0.1, 0.15) is 12.4 Å². The fourth-order valence-corrected chi connectivity index (χ4v) is 2.30. The maximum atomic E-state index is 12.4. The van der Waals surface area contributed by atoms with Crippen molar-refractivity contribution in [1.82, 2.24) is 0 Å². The predicted octanol–water partition coefficient (Wildman–Crippen LogP) is 3.18. The van der Waals surface area contributed by atoms with E-state index in [2.05, 4.69) is 5.32 Å². The Morgan fingerprint density at radius 1 is 1.04 bits per heavy atom. The second kappa shape index (κ2) is 9.57. The summed E-state index contributed by atoms with van der Waals surface area (Å²) in [5, 5.41) is 3.15. The highest BCUT2D eigenvalue weighted by Gasteiger charge is 2.12. The Labute approximate surface area is 143 Å². The molecule has 2 aromatic carbocycles. The molecule has 0 heterocycles. The van der Waals surface area contributed by atoms with E-state index in [0.29, 0.717) is 19.8 Å². The number of hydrogen-bond donors (Lipinski definition) is 1. The molecule has 0 spiro atoms. The van der Waals surface area contributed by atoms with Crippen molar-refractivity contribution in [2.24, 2.45) is 0 Å². The molecule has 0 bridgehead atoms. The number of para-hydroxylation sites is 1. The monoisotopic (exact) mass is 328 g/mol. The Morgan fingerprint density at radius 3 is 2.38 bits per heavy atom. The molecule has 0 unspecified atom stereocenters. The van der Waals surface area contributed by atoms with Crippen molar-refractivity contribution in [3.05, 3.63) is 54.6 Å². The van der Waals surface area contributed by atoms with Crippen LogP contribution in [0.15, 0.2) is 54.6 Å². The van der Waals surface area contributed by atoms with Gasteiger partial charge in [0, 0.05) is 25.0 Å². The summed E-state index contributed by atoms with van der Waals surface area (Å²) in [5.41, 5.74) is 1.79. The van der Waals surface area contributed by atoms with Crippen LogP contribution in [-0.2, 0) is 9.53 Å². The fraction of sp³-hybridized carbons (Fsp3) is 0.316. The average molecular weight is 328 g/mol. The van der Waals surface area contributed by atoms with Gasteiger partial charge in [-0.15, -0.1) is 0 Å². The Kier molecular flexibility index (Phi) is 7.11. The minimum Gasteiger partial charge on any atom is -0.491 e. The first kappa shape index (κ1) is 17.8. The zero-order chi connectivity index (χ0) is 17.2. The van der Waals surface area contributed by atoms with Gasteiger partial charge < -0.3 is 19.7 Å². The van der Waals surface area contributed by atoms with Gasteiger partial charge in [-0.1, -0.05) is 18.2 Å². The molecule has 2 rings (SSSR count). The Bertz CT molecular complexity index is 614. The van der Waals surface area contributed by atoms with Crippen molar-refractivity contribution < 1.29 is 14.3 Å². The highest BCUT2D eigenvalue weighted by atomic mass is 16.5. The summed E-state index contributed by atoms with van der Waals surface area (Å²) >= 11 is 0. The minimum atomic E-state index is 0.0316. The van der Waals surface area contributed by atoms with Gasteiger partial charge in [-0.3, -0.25) is 4.79 Å². The number of anilines is 2. The van der Waals surface area contributed by atoms with Gasteiger partial charge in [0.25, 0.3) is 0 Å². The summed E-state index contributed by atoms with van der Waals surface area (Å²) in [6.45, 7) is 3.92. The van der Waals surface area contributed by atoms with Crippen LogP contribution in [0.5, 0.6) is 5.75 Å². The Morgan fingerprint density at radius 2 is 1.75 bits per heavy atom. The number of carbonyl (C=O) groups excluding carboxylic acids is 1. The molecule has 1 N–H and O–H groups in total. The van der Waals surface area contributed by atoms with Crippen LogP contribution in [0.3, 0.4) is 0 Å². The lowest BCUT2D eigenvalue weighted by Gasteiger charge is -2.21. The van der Waals surface area contributed by atoms with Gasteiger partial charge >= 0.3 is 0 Å². The number of rotatable bonds is 9. The molecule has 0 aliphatic carbocycles. The molecule has 0 aliphatic heterocycles. The number of benzene rings is 2. The van der Waals surface area contributed by atoms with Crippen LogP contribution in [0.2, 0.25) is 0 Å². The number of nitrogens with one attached hydrogen (secondary N) is 1. The van der Waals surface area contributed by atoms with E-state index in [-0.39, 0.29) is 12.5 Å². The molecular formula is C19H24N2O3. The quantitative estimate of drug-likeness (QED) is 0.718. The molecule has 0 saturated carbocycles. The normalized spacial score (nSPS) is 10.2. The lowest BCUT2D eigenvalue weighted by molar-refractivity contribution is -0.116. The lowest BCUT2D eigenvalue weighted by atomic mass is 10.2. The molecule has 0 saturated heterocycles. The average Bonchev–Trinajstić information content (AvgIpc) is 2.63. The number of methoxy groups -OCH3 is 1. The third-order valence-corrected chi connectivity index (χ3v) is 3.54. The molecule has 2 aromatic rings. The summed E-state index contributed by atoms with van der Waals surface area (Å²) in [6, 6.07) is 17.2. The van der Waals surface area contributed by atoms with Crippen molar-refractivity contribution in [3.63, 3.8) is 0 Å². The number of hydrogen-bond acceptors (Lipinski definition) is 4. The fourth-order valence-electron chi connectivity index (χ4n) is 2.30. The van der Waals surface area contributed by atoms with Crippen LogP contribution in [0.1, 0.15) is 6.92 Å². The van der Waals surface area contributed by atoms with Crippen molar-refractivity contribution in [3.8, 4) is 5.75 Å². The smallest absolute Gasteiger partial charge is 0.246 e. The van der Waals surface area contributed by atoms with Crippen LogP contribution >= 0.6 is 0 Å². The summed E-state index contributed by atoms with van der Waals surface area (Å²) in [7, 11) is 1.64. The van der Waals surface area contributed by atoms with Crippen molar-refractivity contribution in [2.45, 2.75) is 6.92 Å². The summed E-state index contributed by atoms with van der Waals surface area (Å²) in [6.07, 6.45) is 0. The summed E-state index contributed by atoms with van der Waals surface area (Å²) < 4.78 is 10.5. The Balaban J connectivity index is 1.86. The number of amides is 1. The number of likely N-dealkylation sites (N-methyl/N-ethyl adjacent to an activating group) is 1. The zero-order valence-corrected chi connectivity index (χ0v) is 14.2. The minimum absolute atomic E-state index is 0.0316. The first-order valence-electron chi connectivity index (χ1n) is 8.05. The maximum Gasteiger partial charge on any atom is 0.246 e. The molecule has 0 radical (unpaired) electrons. The largest absolute Gasteiger partial charge is 0.491 e. The maximum absolute atomic E-state index is 12.4. The topological polar surface area (TPSA) is 50.8 Å². The van der Waals surface area contributed by atoms with E-state index in [9.17, 15) is 4.79 Å². The molecule has 128 valence electrons. The lowest BCUT2D eigenvalue weighted by Crippen LogP contribution is -2.35. The molecule has 5 nitrogen and oxygen atoms in total. The molecule has 0 fully saturated rings. The molecule has 5 heteroatoms. The standard InChI is InChI=1S/C19H24N2O3/c1-3-21(17-7-5-4-6-8-17)19(22)15-20-16-9-11-18(12-10-16)24-14-13-23-2/h4-12,20H,3,13-15H2,1-2H3. The van der Waals surface area contributed by atoms with Crippen LogP contribution in [0, 0.1) is 0 Å². The first-order chi connectivity index (χ1) is 11.7. The number of carbonyl (C=O) groups is 1. The van der Waals surface area contributed by atoms with Gasteiger partial charge in [0.05, 0.1) is 13.2 Å². The third-order valence-electron chi connectivity index (χ3n) is 3.54. The van der Waals surface area contributed by atoms with Crippen LogP contribution in [-0.4, -0.2) is 39.3 Å². The second-order valence-corrected chi connectivity index (χ2v) is 5.19. The molecule has 24 heavy (non-hydrogen) atoms. The van der Waals surface area contributed by atoms with Gasteiger partial charge in [0.15, 0.2) is 0 Å². The van der Waals surface area contributed by atoms with Crippen molar-refractivity contribution in [1.29, 1.82) is 0 Å². The van der Waals surface area contributed by atoms with E-state index in [4.69, 9.17) is 9.47 Å². The number of ether oxygens (including phenoxy) is 2. The number of nitrogens with zero attached hydrogens (tertiary/aromatic N) is 1. The van der Waals surface area contributed by atoms with Gasteiger partial charge in [-0.25, -0.2) is 0 Å². The van der Waals surface area contributed by atoms with E-state index in [1.165, 1.54) is 0 Å². The highest BCUT2D eigenvalue weighted by Crippen LogP contribution is 2.16. The highest BCUT2D eigenvalue weighted by molar-refractivity contribution is 5.96. The predicted molar refractivity (Wildman–Crippen MR) is 96.8 cm³/mol. The molecule has 0 atom stereocenters. The van der Waals surface area contributed by atoms with Crippen molar-refractivity contribution >= 4 is 17.3 Å². The van der Waals surface area contributed by atoms with E-state index in [0.717, 1.165) is 17.1 Å². The molecule has 0 aromatic heterocycles. The SMILES string of the molecule is CCN(C(=O)CNc1ccc(OCCOC)cc1)c1ccccc1. The molecule has 1 amide bonds. The van der Waals surface area contributed by atoms with Crippen molar-refractivity contribution in [2.75, 3.05) is 43.6 Å². The Hall–Kier alpha value is -2.53. The van der Waals surface area contributed by atoms with Gasteiger partial charge in [-0.2, -0.15) is 0 Å². The van der Waals surface area contributed by atoms with Gasteiger partial charge in [-0.05, 0) is 43.3 Å². The van der Waals surface area contributed by atoms with E-state index < -0.39 is 0 Å². The second-order valence-electron chi connectivity index (χ2n) is 5.19. The third kappa shape index (κ3) is 5.28. The zero-order valence-electron chi connectivity index (χ0n) is 14.2. The van der Waals surface area contributed by atoms with Crippen LogP contribution < -0.4 is 15.0 Å². The van der Waals surface area contributed by atoms with Crippen LogP contribution in [0.4, 0.5) is 11.4 Å². The first-order valence-corrected chi connectivity index (χ1v) is 8.05. The van der Waals surface area contributed by atoms with E-state index in [1.807, 2.05) is 61.5 Å². The van der Waals surface area contributed by atoms with E-state index in [1.54, 1.807) is 12.0 Å². The summed E-state index contributed by atoms with van der Waals surface area (Å²) in [4.78, 5) is 14.2. The van der Waals surface area contributed by atoms with Crippen LogP contribution in [0.25, 0.3) is 0 Å². The summed E-state index contributed by atoms with van der Waals surface area (Å²) in [5.74, 6) is 0.813. The van der Waals surface area contributed by atoms with E-state index >= 15 is 0 Å². The molecule has 0 aliphatic rings.